The molecule has 0 saturated heterocycles. The molecule has 0 aromatic carbocycles. The molecule has 0 atom stereocenters. The summed E-state index contributed by atoms with van der Waals surface area (Å²) in [6.07, 6.45) is 1.47. The molecule has 0 aliphatic heterocycles. The molecule has 0 radical (unpaired) electrons. The number of hydrogen-bond donors (Lipinski definition) is 1. The van der Waals surface area contributed by atoms with Crippen LogP contribution in [0.4, 0.5) is 0 Å². The lowest BCUT2D eigenvalue weighted by Crippen LogP contribution is -2.39. The van der Waals surface area contributed by atoms with E-state index in [9.17, 15) is 9.59 Å². The Hall–Kier alpha value is -1.89. The molecular formula is C9H12N4O3. The third-order valence-electron chi connectivity index (χ3n) is 2.52. The standard InChI is InChI=1S/C9H12N4O3/c1-11-5-10-7-6(11)8(15)12(2)9(16)13(7)3-4-14/h5,14H,3-4H2,1-2H3. The molecule has 7 heteroatoms. The van der Waals surface area contributed by atoms with E-state index in [4.69, 9.17) is 5.11 Å². The fourth-order valence-corrected chi connectivity index (χ4v) is 1.68. The minimum atomic E-state index is -0.467. The number of hydrogen-bond acceptors (Lipinski definition) is 4. The van der Waals surface area contributed by atoms with Crippen LogP contribution in [0.2, 0.25) is 0 Å². The Bertz CT molecular complexity index is 649. The third-order valence-corrected chi connectivity index (χ3v) is 2.52. The van der Waals surface area contributed by atoms with Gasteiger partial charge in [-0.15, -0.1) is 0 Å². The summed E-state index contributed by atoms with van der Waals surface area (Å²) >= 11 is 0. The van der Waals surface area contributed by atoms with E-state index in [-0.39, 0.29) is 18.7 Å². The molecule has 7 nitrogen and oxygen atoms in total. The number of aliphatic hydroxyl groups excluding tert-OH is 1. The Labute approximate surface area is 90.2 Å². The summed E-state index contributed by atoms with van der Waals surface area (Å²) in [6, 6.07) is 0. The highest BCUT2D eigenvalue weighted by molar-refractivity contribution is 5.69. The SMILES string of the molecule is Cn1c(=O)c2c(ncn2C)n(CCO)c1=O. The van der Waals surface area contributed by atoms with Gasteiger partial charge in [0.15, 0.2) is 11.2 Å². The smallest absolute Gasteiger partial charge is 0.332 e. The van der Waals surface area contributed by atoms with Crippen molar-refractivity contribution < 1.29 is 5.11 Å². The van der Waals surface area contributed by atoms with Crippen molar-refractivity contribution in [3.8, 4) is 0 Å². The maximum absolute atomic E-state index is 11.8. The first kappa shape index (κ1) is 10.6. The molecule has 0 aliphatic rings. The Morgan fingerprint density at radius 1 is 1.38 bits per heavy atom. The summed E-state index contributed by atoms with van der Waals surface area (Å²) in [6.45, 7) is -0.0513. The molecule has 0 aliphatic carbocycles. The van der Waals surface area contributed by atoms with Crippen molar-refractivity contribution >= 4 is 11.2 Å². The molecule has 16 heavy (non-hydrogen) atoms. The third kappa shape index (κ3) is 1.28. The first-order chi connectivity index (χ1) is 7.57. The van der Waals surface area contributed by atoms with Gasteiger partial charge in [-0.25, -0.2) is 9.78 Å². The van der Waals surface area contributed by atoms with Crippen LogP contribution in [-0.2, 0) is 20.6 Å². The average Bonchev–Trinajstić information content (AvgIpc) is 2.64. The monoisotopic (exact) mass is 224 g/mol. The molecule has 0 spiro atoms. The van der Waals surface area contributed by atoms with Gasteiger partial charge < -0.3 is 9.67 Å². The lowest BCUT2D eigenvalue weighted by molar-refractivity contribution is 0.274. The molecule has 2 aromatic heterocycles. The zero-order chi connectivity index (χ0) is 11.9. The highest BCUT2D eigenvalue weighted by atomic mass is 16.3. The zero-order valence-corrected chi connectivity index (χ0v) is 9.04. The molecular weight excluding hydrogens is 212 g/mol. The first-order valence-corrected chi connectivity index (χ1v) is 4.79. The van der Waals surface area contributed by atoms with Gasteiger partial charge in [0.2, 0.25) is 0 Å². The zero-order valence-electron chi connectivity index (χ0n) is 9.04. The van der Waals surface area contributed by atoms with E-state index in [2.05, 4.69) is 4.98 Å². The Kier molecular flexibility index (Phi) is 2.39. The molecule has 0 saturated carbocycles. The van der Waals surface area contributed by atoms with Crippen LogP contribution in [0, 0.1) is 0 Å². The van der Waals surface area contributed by atoms with E-state index in [1.807, 2.05) is 0 Å². The predicted molar refractivity (Wildman–Crippen MR) is 57.3 cm³/mol. The molecule has 86 valence electrons. The topological polar surface area (TPSA) is 82.1 Å². The van der Waals surface area contributed by atoms with E-state index >= 15 is 0 Å². The molecule has 2 rings (SSSR count). The predicted octanol–water partition coefficient (Wildman–Crippen LogP) is -1.57. The van der Waals surface area contributed by atoms with Crippen LogP contribution in [0.15, 0.2) is 15.9 Å². The van der Waals surface area contributed by atoms with E-state index < -0.39 is 5.69 Å². The number of nitrogens with zero attached hydrogens (tertiary/aromatic N) is 4. The molecule has 0 unspecified atom stereocenters. The number of aliphatic hydroxyl groups is 1. The number of aryl methyl sites for hydroxylation is 1. The van der Waals surface area contributed by atoms with Crippen molar-refractivity contribution in [1.29, 1.82) is 0 Å². The second-order valence-electron chi connectivity index (χ2n) is 3.55. The molecule has 1 N–H and O–H groups in total. The van der Waals surface area contributed by atoms with E-state index in [1.54, 1.807) is 11.6 Å². The van der Waals surface area contributed by atoms with Crippen molar-refractivity contribution in [2.45, 2.75) is 6.54 Å². The number of aromatic nitrogens is 4. The average molecular weight is 224 g/mol. The van der Waals surface area contributed by atoms with Gasteiger partial charge in [-0.2, -0.15) is 0 Å². The lowest BCUT2D eigenvalue weighted by Gasteiger charge is -2.06. The highest BCUT2D eigenvalue weighted by Gasteiger charge is 2.13. The fraction of sp³-hybridized carbons (Fsp3) is 0.444. The minimum absolute atomic E-state index is 0.125. The van der Waals surface area contributed by atoms with Crippen molar-refractivity contribution in [1.82, 2.24) is 18.7 Å². The van der Waals surface area contributed by atoms with Crippen molar-refractivity contribution in [2.24, 2.45) is 14.1 Å². The molecule has 0 fully saturated rings. The van der Waals surface area contributed by atoms with Crippen LogP contribution in [0.5, 0.6) is 0 Å². The summed E-state index contributed by atoms with van der Waals surface area (Å²) in [7, 11) is 3.09. The Balaban J connectivity index is 3.00. The van der Waals surface area contributed by atoms with Gasteiger partial charge >= 0.3 is 5.69 Å². The van der Waals surface area contributed by atoms with Gasteiger partial charge in [0.1, 0.15) is 0 Å². The van der Waals surface area contributed by atoms with Crippen molar-refractivity contribution in [3.63, 3.8) is 0 Å². The minimum Gasteiger partial charge on any atom is -0.395 e. The Morgan fingerprint density at radius 2 is 2.06 bits per heavy atom. The van der Waals surface area contributed by atoms with Crippen LogP contribution in [-0.4, -0.2) is 30.4 Å². The van der Waals surface area contributed by atoms with Gasteiger partial charge in [0, 0.05) is 14.1 Å². The quantitative estimate of drug-likeness (QED) is 0.668. The van der Waals surface area contributed by atoms with Gasteiger partial charge in [0.05, 0.1) is 19.5 Å². The van der Waals surface area contributed by atoms with E-state index in [0.29, 0.717) is 11.2 Å². The maximum atomic E-state index is 11.8. The normalized spacial score (nSPS) is 11.2. The number of fused-ring (bicyclic) bond motifs is 1. The largest absolute Gasteiger partial charge is 0.395 e. The van der Waals surface area contributed by atoms with E-state index in [0.717, 1.165) is 4.57 Å². The summed E-state index contributed by atoms with van der Waals surface area (Å²) < 4.78 is 3.86. The lowest BCUT2D eigenvalue weighted by atomic mass is 10.5. The first-order valence-electron chi connectivity index (χ1n) is 4.79. The number of imidazole rings is 1. The van der Waals surface area contributed by atoms with Gasteiger partial charge in [-0.05, 0) is 0 Å². The van der Waals surface area contributed by atoms with Crippen LogP contribution in [0.25, 0.3) is 11.2 Å². The molecule has 0 bridgehead atoms. The second-order valence-corrected chi connectivity index (χ2v) is 3.55. The van der Waals surface area contributed by atoms with Crippen molar-refractivity contribution in [2.75, 3.05) is 6.61 Å². The van der Waals surface area contributed by atoms with Gasteiger partial charge in [-0.1, -0.05) is 0 Å². The van der Waals surface area contributed by atoms with E-state index in [1.165, 1.54) is 17.9 Å². The summed E-state index contributed by atoms with van der Waals surface area (Å²) in [4.78, 5) is 27.6. The van der Waals surface area contributed by atoms with Crippen LogP contribution < -0.4 is 11.2 Å². The molecule has 2 heterocycles. The van der Waals surface area contributed by atoms with Gasteiger partial charge in [0.25, 0.3) is 5.56 Å². The molecule has 2 aromatic rings. The molecule has 0 amide bonds. The van der Waals surface area contributed by atoms with Crippen LogP contribution in [0.3, 0.4) is 0 Å². The fourth-order valence-electron chi connectivity index (χ4n) is 1.68. The van der Waals surface area contributed by atoms with Gasteiger partial charge in [-0.3, -0.25) is 13.9 Å². The second kappa shape index (κ2) is 3.60. The highest BCUT2D eigenvalue weighted by Crippen LogP contribution is 2.03. The summed E-state index contributed by atoms with van der Waals surface area (Å²) in [5, 5.41) is 8.89. The van der Waals surface area contributed by atoms with Crippen LogP contribution >= 0.6 is 0 Å². The maximum Gasteiger partial charge on any atom is 0.332 e. The van der Waals surface area contributed by atoms with Crippen LogP contribution in [0.1, 0.15) is 0 Å². The summed E-state index contributed by atoms with van der Waals surface area (Å²) in [5.41, 5.74) is -0.181. The van der Waals surface area contributed by atoms with Crippen molar-refractivity contribution in [3.05, 3.63) is 27.2 Å². The summed E-state index contributed by atoms with van der Waals surface area (Å²) in [5.74, 6) is 0. The number of rotatable bonds is 2. The Morgan fingerprint density at radius 3 is 2.69 bits per heavy atom.